The number of carbonyl (C=O) groups is 1. The van der Waals surface area contributed by atoms with Gasteiger partial charge in [0.2, 0.25) is 0 Å². The van der Waals surface area contributed by atoms with Gasteiger partial charge in [-0.25, -0.2) is 0 Å². The van der Waals surface area contributed by atoms with Gasteiger partial charge in [0, 0.05) is 19.3 Å². The van der Waals surface area contributed by atoms with E-state index in [4.69, 9.17) is 0 Å². The SMILES string of the molecule is CCCCN(CCCC)C(=O)c1cn[nH]c1. The minimum absolute atomic E-state index is 0.0932. The van der Waals surface area contributed by atoms with Crippen molar-refractivity contribution in [2.24, 2.45) is 0 Å². The summed E-state index contributed by atoms with van der Waals surface area (Å²) in [5, 5.41) is 6.49. The van der Waals surface area contributed by atoms with Crippen LogP contribution >= 0.6 is 0 Å². The number of nitrogens with zero attached hydrogens (tertiary/aromatic N) is 2. The number of unbranched alkanes of at least 4 members (excludes halogenated alkanes) is 2. The Balaban J connectivity index is 2.56. The third-order valence-electron chi connectivity index (χ3n) is 2.60. The minimum atomic E-state index is 0.0932. The van der Waals surface area contributed by atoms with Crippen LogP contribution in [0.2, 0.25) is 0 Å². The molecule has 0 spiro atoms. The van der Waals surface area contributed by atoms with Crippen LogP contribution in [-0.4, -0.2) is 34.1 Å². The van der Waals surface area contributed by atoms with E-state index in [1.54, 1.807) is 12.4 Å². The third kappa shape index (κ3) is 3.68. The standard InChI is InChI=1S/C12H21N3O/c1-3-5-7-15(8-6-4-2)12(16)11-9-13-14-10-11/h9-10H,3-8H2,1-2H3,(H,13,14). The smallest absolute Gasteiger partial charge is 0.257 e. The highest BCUT2D eigenvalue weighted by molar-refractivity contribution is 5.93. The molecule has 1 amide bonds. The Bertz CT molecular complexity index is 287. The van der Waals surface area contributed by atoms with E-state index < -0.39 is 0 Å². The van der Waals surface area contributed by atoms with Crippen LogP contribution in [-0.2, 0) is 0 Å². The molecule has 1 N–H and O–H groups in total. The Morgan fingerprint density at radius 3 is 2.38 bits per heavy atom. The molecule has 0 saturated heterocycles. The monoisotopic (exact) mass is 223 g/mol. The number of H-pyrrole nitrogens is 1. The predicted octanol–water partition coefficient (Wildman–Crippen LogP) is 2.45. The van der Waals surface area contributed by atoms with Crippen molar-refractivity contribution in [3.63, 3.8) is 0 Å². The number of rotatable bonds is 7. The summed E-state index contributed by atoms with van der Waals surface area (Å²) in [7, 11) is 0. The second-order valence-electron chi connectivity index (χ2n) is 3.99. The van der Waals surface area contributed by atoms with Gasteiger partial charge in [0.05, 0.1) is 11.8 Å². The van der Waals surface area contributed by atoms with Crippen LogP contribution in [0.4, 0.5) is 0 Å². The lowest BCUT2D eigenvalue weighted by atomic mass is 10.2. The number of carbonyl (C=O) groups excluding carboxylic acids is 1. The van der Waals surface area contributed by atoms with E-state index >= 15 is 0 Å². The normalized spacial score (nSPS) is 10.4. The van der Waals surface area contributed by atoms with Crippen LogP contribution in [0.1, 0.15) is 49.9 Å². The molecule has 0 aromatic carbocycles. The third-order valence-corrected chi connectivity index (χ3v) is 2.60. The van der Waals surface area contributed by atoms with Gasteiger partial charge < -0.3 is 4.90 Å². The number of hydrogen-bond donors (Lipinski definition) is 1. The molecule has 4 heteroatoms. The van der Waals surface area contributed by atoms with E-state index in [1.165, 1.54) is 0 Å². The molecule has 1 heterocycles. The summed E-state index contributed by atoms with van der Waals surface area (Å²) in [5.74, 6) is 0.0932. The van der Waals surface area contributed by atoms with Gasteiger partial charge in [0.25, 0.3) is 5.91 Å². The quantitative estimate of drug-likeness (QED) is 0.772. The van der Waals surface area contributed by atoms with Crippen LogP contribution in [0.3, 0.4) is 0 Å². The molecular formula is C12H21N3O. The molecule has 16 heavy (non-hydrogen) atoms. The minimum Gasteiger partial charge on any atom is -0.339 e. The summed E-state index contributed by atoms with van der Waals surface area (Å²) in [5.41, 5.74) is 0.659. The van der Waals surface area contributed by atoms with E-state index in [9.17, 15) is 4.79 Å². The number of aromatic amines is 1. The van der Waals surface area contributed by atoms with Gasteiger partial charge >= 0.3 is 0 Å². The molecule has 0 radical (unpaired) electrons. The first kappa shape index (κ1) is 12.7. The Kier molecular flexibility index (Phi) is 5.61. The summed E-state index contributed by atoms with van der Waals surface area (Å²) >= 11 is 0. The van der Waals surface area contributed by atoms with Crippen molar-refractivity contribution < 1.29 is 4.79 Å². The van der Waals surface area contributed by atoms with Crippen LogP contribution in [0.25, 0.3) is 0 Å². The Labute approximate surface area is 97.0 Å². The molecule has 0 unspecified atom stereocenters. The summed E-state index contributed by atoms with van der Waals surface area (Å²) in [6.45, 7) is 5.97. The van der Waals surface area contributed by atoms with Crippen molar-refractivity contribution in [3.05, 3.63) is 18.0 Å². The Morgan fingerprint density at radius 1 is 1.31 bits per heavy atom. The zero-order valence-electron chi connectivity index (χ0n) is 10.2. The Morgan fingerprint density at radius 2 is 1.94 bits per heavy atom. The fourth-order valence-corrected chi connectivity index (χ4v) is 1.56. The van der Waals surface area contributed by atoms with E-state index in [2.05, 4.69) is 24.0 Å². The lowest BCUT2D eigenvalue weighted by molar-refractivity contribution is 0.0751. The topological polar surface area (TPSA) is 49.0 Å². The number of aromatic nitrogens is 2. The molecule has 0 aliphatic heterocycles. The maximum Gasteiger partial charge on any atom is 0.257 e. The summed E-state index contributed by atoms with van der Waals surface area (Å²) in [6, 6.07) is 0. The lowest BCUT2D eigenvalue weighted by Gasteiger charge is -2.21. The molecule has 1 rings (SSSR count). The maximum atomic E-state index is 12.1. The van der Waals surface area contributed by atoms with E-state index in [0.29, 0.717) is 5.56 Å². The summed E-state index contributed by atoms with van der Waals surface area (Å²) in [4.78, 5) is 14.0. The number of amides is 1. The first-order valence-electron chi connectivity index (χ1n) is 6.07. The first-order valence-corrected chi connectivity index (χ1v) is 6.07. The van der Waals surface area contributed by atoms with Gasteiger partial charge in [0.15, 0.2) is 0 Å². The van der Waals surface area contributed by atoms with Crippen molar-refractivity contribution in [3.8, 4) is 0 Å². The number of hydrogen-bond acceptors (Lipinski definition) is 2. The van der Waals surface area contributed by atoms with Crippen molar-refractivity contribution in [2.75, 3.05) is 13.1 Å². The molecule has 90 valence electrons. The summed E-state index contributed by atoms with van der Waals surface area (Å²) < 4.78 is 0. The molecule has 1 aromatic heterocycles. The van der Waals surface area contributed by atoms with Crippen molar-refractivity contribution in [1.29, 1.82) is 0 Å². The fraction of sp³-hybridized carbons (Fsp3) is 0.667. The average molecular weight is 223 g/mol. The van der Waals surface area contributed by atoms with Crippen LogP contribution in [0, 0.1) is 0 Å². The van der Waals surface area contributed by atoms with Gasteiger partial charge in [-0.3, -0.25) is 9.89 Å². The molecule has 0 aliphatic carbocycles. The first-order chi connectivity index (χ1) is 7.79. The fourth-order valence-electron chi connectivity index (χ4n) is 1.56. The van der Waals surface area contributed by atoms with E-state index in [1.807, 2.05) is 4.90 Å². The van der Waals surface area contributed by atoms with E-state index in [-0.39, 0.29) is 5.91 Å². The van der Waals surface area contributed by atoms with Crippen LogP contribution in [0.15, 0.2) is 12.4 Å². The van der Waals surface area contributed by atoms with Gasteiger partial charge in [-0.1, -0.05) is 26.7 Å². The Hall–Kier alpha value is -1.32. The molecule has 0 saturated carbocycles. The predicted molar refractivity (Wildman–Crippen MR) is 64.3 cm³/mol. The molecule has 0 fully saturated rings. The van der Waals surface area contributed by atoms with Gasteiger partial charge in [-0.15, -0.1) is 0 Å². The highest BCUT2D eigenvalue weighted by atomic mass is 16.2. The zero-order valence-corrected chi connectivity index (χ0v) is 10.2. The largest absolute Gasteiger partial charge is 0.339 e. The van der Waals surface area contributed by atoms with Gasteiger partial charge in [-0.05, 0) is 12.8 Å². The molecule has 0 bridgehead atoms. The molecule has 1 aromatic rings. The van der Waals surface area contributed by atoms with Crippen molar-refractivity contribution in [2.45, 2.75) is 39.5 Å². The van der Waals surface area contributed by atoms with Gasteiger partial charge in [-0.2, -0.15) is 5.10 Å². The maximum absolute atomic E-state index is 12.1. The highest BCUT2D eigenvalue weighted by Gasteiger charge is 2.15. The van der Waals surface area contributed by atoms with Crippen molar-refractivity contribution in [1.82, 2.24) is 15.1 Å². The van der Waals surface area contributed by atoms with Crippen molar-refractivity contribution >= 4 is 5.91 Å². The van der Waals surface area contributed by atoms with E-state index in [0.717, 1.165) is 38.8 Å². The van der Waals surface area contributed by atoms with Gasteiger partial charge in [0.1, 0.15) is 0 Å². The molecular weight excluding hydrogens is 202 g/mol. The second kappa shape index (κ2) is 7.04. The van der Waals surface area contributed by atoms with Crippen LogP contribution in [0.5, 0.6) is 0 Å². The molecule has 0 aliphatic rings. The zero-order chi connectivity index (χ0) is 11.8. The van der Waals surface area contributed by atoms with Crippen LogP contribution < -0.4 is 0 Å². The summed E-state index contributed by atoms with van der Waals surface area (Å²) in [6.07, 6.45) is 7.60. The molecule has 4 nitrogen and oxygen atoms in total. The highest BCUT2D eigenvalue weighted by Crippen LogP contribution is 2.06. The second-order valence-corrected chi connectivity index (χ2v) is 3.99. The molecule has 0 atom stereocenters. The average Bonchev–Trinajstić information content (AvgIpc) is 2.82. The number of nitrogens with one attached hydrogen (secondary N) is 1. The lowest BCUT2D eigenvalue weighted by Crippen LogP contribution is -2.32.